The van der Waals surface area contributed by atoms with Crippen molar-refractivity contribution >= 4 is 17.7 Å². The number of carbonyl (C=O) groups excluding carboxylic acids is 1. The van der Waals surface area contributed by atoms with Gasteiger partial charge in [0.05, 0.1) is 5.75 Å². The highest BCUT2D eigenvalue weighted by atomic mass is 32.2. The first-order chi connectivity index (χ1) is 11.8. The van der Waals surface area contributed by atoms with Crippen LogP contribution in [0.1, 0.15) is 38.5 Å². The molecule has 2 heterocycles. The standard InChI is InChI=1S/C19H25NO3S/c21-19(20-9-3-5-14-4-1-2-6-16(14)20)13-24-15-7-8-17-18(12-15)23-11-10-22-17/h7-8,12,14,16H,1-6,9-11,13H2/t14-,16-/m0/s1. The van der Waals surface area contributed by atoms with Crippen molar-refractivity contribution in [3.05, 3.63) is 18.2 Å². The van der Waals surface area contributed by atoms with E-state index in [1.54, 1.807) is 11.8 Å². The third-order valence-corrected chi connectivity index (χ3v) is 6.42. The SMILES string of the molecule is O=C(CSc1ccc2c(c1)OCCO2)N1CCC[C@@H]2CCCC[C@@H]21. The van der Waals surface area contributed by atoms with E-state index in [0.717, 1.165) is 28.9 Å². The minimum absolute atomic E-state index is 0.298. The molecule has 0 unspecified atom stereocenters. The van der Waals surface area contributed by atoms with Gasteiger partial charge in [0.1, 0.15) is 13.2 Å². The summed E-state index contributed by atoms with van der Waals surface area (Å²) in [6, 6.07) is 6.46. The first-order valence-corrected chi connectivity index (χ1v) is 10.1. The van der Waals surface area contributed by atoms with Crippen LogP contribution in [0.25, 0.3) is 0 Å². The van der Waals surface area contributed by atoms with Gasteiger partial charge >= 0.3 is 0 Å². The molecule has 24 heavy (non-hydrogen) atoms. The van der Waals surface area contributed by atoms with Crippen molar-refractivity contribution < 1.29 is 14.3 Å². The van der Waals surface area contributed by atoms with E-state index in [0.29, 0.717) is 30.9 Å². The maximum atomic E-state index is 12.8. The summed E-state index contributed by atoms with van der Waals surface area (Å²) in [6.45, 7) is 2.15. The van der Waals surface area contributed by atoms with E-state index in [2.05, 4.69) is 4.90 Å². The van der Waals surface area contributed by atoms with Gasteiger partial charge in [-0.15, -0.1) is 11.8 Å². The number of carbonyl (C=O) groups is 1. The predicted molar refractivity (Wildman–Crippen MR) is 94.8 cm³/mol. The zero-order chi connectivity index (χ0) is 16.4. The van der Waals surface area contributed by atoms with Gasteiger partial charge in [0.25, 0.3) is 0 Å². The highest BCUT2D eigenvalue weighted by Crippen LogP contribution is 2.37. The van der Waals surface area contributed by atoms with Crippen molar-refractivity contribution in [3.63, 3.8) is 0 Å². The molecule has 2 fully saturated rings. The molecule has 0 spiro atoms. The van der Waals surface area contributed by atoms with Crippen LogP contribution < -0.4 is 9.47 Å². The molecule has 4 rings (SSSR count). The summed E-state index contributed by atoms with van der Waals surface area (Å²) in [5, 5.41) is 0. The van der Waals surface area contributed by atoms with Crippen LogP contribution in [0.3, 0.4) is 0 Å². The molecule has 0 radical (unpaired) electrons. The maximum Gasteiger partial charge on any atom is 0.233 e. The molecular weight excluding hydrogens is 322 g/mol. The van der Waals surface area contributed by atoms with Crippen LogP contribution in [0.5, 0.6) is 11.5 Å². The lowest BCUT2D eigenvalue weighted by atomic mass is 9.78. The second-order valence-corrected chi connectivity index (χ2v) is 7.98. The van der Waals surface area contributed by atoms with Gasteiger partial charge in [-0.3, -0.25) is 4.79 Å². The van der Waals surface area contributed by atoms with Crippen LogP contribution in [-0.2, 0) is 4.79 Å². The number of likely N-dealkylation sites (tertiary alicyclic amines) is 1. The van der Waals surface area contributed by atoms with Crippen molar-refractivity contribution in [2.45, 2.75) is 49.5 Å². The van der Waals surface area contributed by atoms with Crippen LogP contribution in [-0.4, -0.2) is 42.4 Å². The van der Waals surface area contributed by atoms with Gasteiger partial charge in [0.15, 0.2) is 11.5 Å². The fourth-order valence-electron chi connectivity index (χ4n) is 4.28. The molecule has 2 atom stereocenters. The summed E-state index contributed by atoms with van der Waals surface area (Å²) in [7, 11) is 0. The van der Waals surface area contributed by atoms with Gasteiger partial charge in [-0.2, -0.15) is 0 Å². The van der Waals surface area contributed by atoms with E-state index in [1.807, 2.05) is 18.2 Å². The fourth-order valence-corrected chi connectivity index (χ4v) is 5.09. The summed E-state index contributed by atoms with van der Waals surface area (Å²) < 4.78 is 11.2. The molecule has 3 aliphatic rings. The monoisotopic (exact) mass is 347 g/mol. The van der Waals surface area contributed by atoms with Gasteiger partial charge in [-0.25, -0.2) is 0 Å². The Labute approximate surface area is 147 Å². The second kappa shape index (κ2) is 7.26. The lowest BCUT2D eigenvalue weighted by Gasteiger charge is -2.44. The maximum absolute atomic E-state index is 12.8. The number of fused-ring (bicyclic) bond motifs is 2. The third kappa shape index (κ3) is 3.37. The lowest BCUT2D eigenvalue weighted by Crippen LogP contribution is -2.50. The Morgan fingerprint density at radius 2 is 1.88 bits per heavy atom. The van der Waals surface area contributed by atoms with Crippen molar-refractivity contribution in [2.24, 2.45) is 5.92 Å². The Morgan fingerprint density at radius 3 is 2.79 bits per heavy atom. The number of ether oxygens (including phenoxy) is 2. The predicted octanol–water partition coefficient (Wildman–Crippen LogP) is 3.73. The minimum atomic E-state index is 0.298. The molecule has 0 aromatic heterocycles. The molecule has 2 aliphatic heterocycles. The van der Waals surface area contributed by atoms with Crippen LogP contribution in [0.4, 0.5) is 0 Å². The number of benzene rings is 1. The third-order valence-electron chi connectivity index (χ3n) is 5.44. The van der Waals surface area contributed by atoms with Crippen LogP contribution in [0.2, 0.25) is 0 Å². The fraction of sp³-hybridized carbons (Fsp3) is 0.632. The molecule has 0 N–H and O–H groups in total. The van der Waals surface area contributed by atoms with Gasteiger partial charge in [0.2, 0.25) is 5.91 Å². The van der Waals surface area contributed by atoms with Crippen molar-refractivity contribution in [1.29, 1.82) is 0 Å². The van der Waals surface area contributed by atoms with Gasteiger partial charge < -0.3 is 14.4 Å². The number of amides is 1. The zero-order valence-corrected chi connectivity index (χ0v) is 14.9. The average Bonchev–Trinajstić information content (AvgIpc) is 2.65. The largest absolute Gasteiger partial charge is 0.486 e. The normalized spacial score (nSPS) is 25.9. The van der Waals surface area contributed by atoms with Crippen LogP contribution in [0.15, 0.2) is 23.1 Å². The molecule has 0 bridgehead atoms. The topological polar surface area (TPSA) is 38.8 Å². The molecule has 130 valence electrons. The Balaban J connectivity index is 1.37. The van der Waals surface area contributed by atoms with E-state index in [1.165, 1.54) is 38.5 Å². The van der Waals surface area contributed by atoms with E-state index < -0.39 is 0 Å². The summed E-state index contributed by atoms with van der Waals surface area (Å²) in [5.41, 5.74) is 0. The molecule has 1 amide bonds. The zero-order valence-electron chi connectivity index (χ0n) is 14.0. The molecular formula is C19H25NO3S. The van der Waals surface area contributed by atoms with Crippen molar-refractivity contribution in [2.75, 3.05) is 25.5 Å². The summed E-state index contributed by atoms with van der Waals surface area (Å²) in [5.74, 6) is 3.16. The number of piperidine rings is 1. The molecule has 1 saturated carbocycles. The molecule has 5 heteroatoms. The Kier molecular flexibility index (Phi) is 4.88. The van der Waals surface area contributed by atoms with Crippen molar-refractivity contribution in [3.8, 4) is 11.5 Å². The summed E-state index contributed by atoms with van der Waals surface area (Å²) in [4.78, 5) is 16.0. The molecule has 1 aliphatic carbocycles. The van der Waals surface area contributed by atoms with Gasteiger partial charge in [0, 0.05) is 17.5 Å². The highest BCUT2D eigenvalue weighted by Gasteiger charge is 2.35. The van der Waals surface area contributed by atoms with Crippen molar-refractivity contribution in [1.82, 2.24) is 4.90 Å². The second-order valence-electron chi connectivity index (χ2n) is 6.94. The quantitative estimate of drug-likeness (QED) is 0.781. The molecule has 1 aromatic rings. The van der Waals surface area contributed by atoms with Gasteiger partial charge in [-0.1, -0.05) is 12.8 Å². The van der Waals surface area contributed by atoms with E-state index >= 15 is 0 Å². The van der Waals surface area contributed by atoms with Crippen LogP contribution in [0, 0.1) is 5.92 Å². The molecule has 1 aromatic carbocycles. The van der Waals surface area contributed by atoms with E-state index in [4.69, 9.17) is 9.47 Å². The number of hydrogen-bond acceptors (Lipinski definition) is 4. The first-order valence-electron chi connectivity index (χ1n) is 9.13. The highest BCUT2D eigenvalue weighted by molar-refractivity contribution is 8.00. The first kappa shape index (κ1) is 16.1. The smallest absolute Gasteiger partial charge is 0.233 e. The van der Waals surface area contributed by atoms with E-state index in [9.17, 15) is 4.79 Å². The molecule has 1 saturated heterocycles. The number of thioether (sulfide) groups is 1. The summed E-state index contributed by atoms with van der Waals surface area (Å²) >= 11 is 1.61. The Bertz CT molecular complexity index is 604. The number of hydrogen-bond donors (Lipinski definition) is 0. The lowest BCUT2D eigenvalue weighted by molar-refractivity contribution is -0.134. The number of nitrogens with zero attached hydrogens (tertiary/aromatic N) is 1. The number of rotatable bonds is 3. The molecule has 4 nitrogen and oxygen atoms in total. The van der Waals surface area contributed by atoms with E-state index in [-0.39, 0.29) is 0 Å². The summed E-state index contributed by atoms with van der Waals surface area (Å²) in [6.07, 6.45) is 7.61. The Hall–Kier alpha value is -1.36. The van der Waals surface area contributed by atoms with Crippen LogP contribution >= 0.6 is 11.8 Å². The Morgan fingerprint density at radius 1 is 1.08 bits per heavy atom. The average molecular weight is 347 g/mol. The minimum Gasteiger partial charge on any atom is -0.486 e. The van der Waals surface area contributed by atoms with Gasteiger partial charge in [-0.05, 0) is 49.8 Å².